The van der Waals surface area contributed by atoms with Crippen LogP contribution in [0.25, 0.3) is 0 Å². The first kappa shape index (κ1) is 9.49. The van der Waals surface area contributed by atoms with Crippen molar-refractivity contribution in [3.05, 3.63) is 29.0 Å². The summed E-state index contributed by atoms with van der Waals surface area (Å²) in [7, 11) is 0. The van der Waals surface area contributed by atoms with Gasteiger partial charge in [-0.15, -0.1) is 0 Å². The minimum atomic E-state index is 0.481. The van der Waals surface area contributed by atoms with E-state index in [-0.39, 0.29) is 0 Å². The average molecular weight is 185 g/mol. The standard InChI is InChI=1S/C9H13ClN2/c1-7(2)12-5-8-3-4-11-6-9(8)10/h3-4,6-7,12H,5H2,1-2H3. The highest BCUT2D eigenvalue weighted by Gasteiger charge is 1.99. The summed E-state index contributed by atoms with van der Waals surface area (Å²) >= 11 is 5.91. The van der Waals surface area contributed by atoms with Gasteiger partial charge in [0.1, 0.15) is 0 Å². The van der Waals surface area contributed by atoms with Crippen molar-refractivity contribution in [2.75, 3.05) is 0 Å². The lowest BCUT2D eigenvalue weighted by molar-refractivity contribution is 0.588. The van der Waals surface area contributed by atoms with Crippen LogP contribution in [0.3, 0.4) is 0 Å². The van der Waals surface area contributed by atoms with E-state index in [1.165, 1.54) is 0 Å². The van der Waals surface area contributed by atoms with E-state index in [0.29, 0.717) is 6.04 Å². The van der Waals surface area contributed by atoms with Gasteiger partial charge in [0, 0.05) is 25.0 Å². The summed E-state index contributed by atoms with van der Waals surface area (Å²) < 4.78 is 0. The van der Waals surface area contributed by atoms with Gasteiger partial charge < -0.3 is 5.32 Å². The van der Waals surface area contributed by atoms with E-state index in [1.807, 2.05) is 6.07 Å². The molecule has 0 aliphatic rings. The maximum absolute atomic E-state index is 5.91. The molecule has 0 fully saturated rings. The number of nitrogens with zero attached hydrogens (tertiary/aromatic N) is 1. The van der Waals surface area contributed by atoms with Gasteiger partial charge in [-0.2, -0.15) is 0 Å². The van der Waals surface area contributed by atoms with Gasteiger partial charge in [-0.3, -0.25) is 4.98 Å². The van der Waals surface area contributed by atoms with Crippen LogP contribution in [0.4, 0.5) is 0 Å². The molecule has 0 saturated heterocycles. The number of aromatic nitrogens is 1. The van der Waals surface area contributed by atoms with Crippen molar-refractivity contribution in [1.82, 2.24) is 10.3 Å². The Morgan fingerprint density at radius 3 is 2.92 bits per heavy atom. The van der Waals surface area contributed by atoms with Gasteiger partial charge in [0.2, 0.25) is 0 Å². The van der Waals surface area contributed by atoms with Crippen molar-refractivity contribution in [3.8, 4) is 0 Å². The van der Waals surface area contributed by atoms with Crippen LogP contribution in [0, 0.1) is 0 Å². The molecule has 0 saturated carbocycles. The fourth-order valence-corrected chi connectivity index (χ4v) is 1.05. The van der Waals surface area contributed by atoms with Gasteiger partial charge >= 0.3 is 0 Å². The molecule has 0 unspecified atom stereocenters. The largest absolute Gasteiger partial charge is 0.310 e. The van der Waals surface area contributed by atoms with Crippen LogP contribution in [0.5, 0.6) is 0 Å². The molecule has 12 heavy (non-hydrogen) atoms. The predicted octanol–water partition coefficient (Wildman–Crippen LogP) is 2.23. The summed E-state index contributed by atoms with van der Waals surface area (Å²) in [6, 6.07) is 2.41. The fourth-order valence-electron chi connectivity index (χ4n) is 0.861. The van der Waals surface area contributed by atoms with E-state index in [0.717, 1.165) is 17.1 Å². The molecule has 0 atom stereocenters. The summed E-state index contributed by atoms with van der Waals surface area (Å²) in [4.78, 5) is 3.91. The van der Waals surface area contributed by atoms with Crippen molar-refractivity contribution in [1.29, 1.82) is 0 Å². The summed E-state index contributed by atoms with van der Waals surface area (Å²) in [6.45, 7) is 5.02. The van der Waals surface area contributed by atoms with Gasteiger partial charge in [-0.1, -0.05) is 25.4 Å². The third-order valence-corrected chi connectivity index (χ3v) is 1.90. The Kier molecular flexibility index (Phi) is 3.50. The van der Waals surface area contributed by atoms with E-state index in [4.69, 9.17) is 11.6 Å². The van der Waals surface area contributed by atoms with Gasteiger partial charge in [-0.25, -0.2) is 0 Å². The molecule has 1 rings (SSSR count). The van der Waals surface area contributed by atoms with E-state index >= 15 is 0 Å². The molecular weight excluding hydrogens is 172 g/mol. The first-order valence-electron chi connectivity index (χ1n) is 4.02. The smallest absolute Gasteiger partial charge is 0.0634 e. The molecule has 1 heterocycles. The summed E-state index contributed by atoms with van der Waals surface area (Å²) in [5.41, 5.74) is 1.10. The Balaban J connectivity index is 2.57. The van der Waals surface area contributed by atoms with Crippen LogP contribution in [0.2, 0.25) is 5.02 Å². The highest BCUT2D eigenvalue weighted by Crippen LogP contribution is 2.12. The SMILES string of the molecule is CC(C)NCc1ccncc1Cl. The van der Waals surface area contributed by atoms with Crippen molar-refractivity contribution >= 4 is 11.6 Å². The fraction of sp³-hybridized carbons (Fsp3) is 0.444. The second kappa shape index (κ2) is 4.43. The lowest BCUT2D eigenvalue weighted by atomic mass is 10.2. The Morgan fingerprint density at radius 1 is 1.58 bits per heavy atom. The lowest BCUT2D eigenvalue weighted by Gasteiger charge is -2.08. The number of pyridine rings is 1. The summed E-state index contributed by atoms with van der Waals surface area (Å²) in [6.07, 6.45) is 3.42. The molecule has 1 N–H and O–H groups in total. The molecule has 0 aromatic carbocycles. The molecule has 66 valence electrons. The predicted molar refractivity (Wildman–Crippen MR) is 51.2 cm³/mol. The van der Waals surface area contributed by atoms with E-state index in [2.05, 4.69) is 24.1 Å². The molecule has 3 heteroatoms. The Labute approximate surface area is 78.0 Å². The minimum Gasteiger partial charge on any atom is -0.310 e. The molecule has 0 aliphatic heterocycles. The molecular formula is C9H13ClN2. The summed E-state index contributed by atoms with van der Waals surface area (Å²) in [5.74, 6) is 0. The van der Waals surface area contributed by atoms with Crippen molar-refractivity contribution in [2.45, 2.75) is 26.4 Å². The number of hydrogen-bond donors (Lipinski definition) is 1. The van der Waals surface area contributed by atoms with Gasteiger partial charge in [0.05, 0.1) is 5.02 Å². The third-order valence-electron chi connectivity index (χ3n) is 1.56. The normalized spacial score (nSPS) is 10.7. The maximum Gasteiger partial charge on any atom is 0.0634 e. The van der Waals surface area contributed by atoms with Crippen LogP contribution >= 0.6 is 11.6 Å². The van der Waals surface area contributed by atoms with Crippen LogP contribution in [0.15, 0.2) is 18.5 Å². The van der Waals surface area contributed by atoms with Gasteiger partial charge in [-0.05, 0) is 11.6 Å². The zero-order valence-corrected chi connectivity index (χ0v) is 8.10. The molecule has 0 aliphatic carbocycles. The number of halogens is 1. The Morgan fingerprint density at radius 2 is 2.33 bits per heavy atom. The zero-order valence-electron chi connectivity index (χ0n) is 7.34. The van der Waals surface area contributed by atoms with Crippen LogP contribution in [-0.2, 0) is 6.54 Å². The molecule has 1 aromatic rings. The minimum absolute atomic E-state index is 0.481. The number of hydrogen-bond acceptors (Lipinski definition) is 2. The molecule has 1 aromatic heterocycles. The maximum atomic E-state index is 5.91. The van der Waals surface area contributed by atoms with Crippen molar-refractivity contribution in [2.24, 2.45) is 0 Å². The molecule has 0 bridgehead atoms. The Hall–Kier alpha value is -0.600. The topological polar surface area (TPSA) is 24.9 Å². The van der Waals surface area contributed by atoms with E-state index in [9.17, 15) is 0 Å². The zero-order chi connectivity index (χ0) is 8.97. The van der Waals surface area contributed by atoms with E-state index < -0.39 is 0 Å². The Bertz CT molecular complexity index is 248. The molecule has 2 nitrogen and oxygen atoms in total. The lowest BCUT2D eigenvalue weighted by Crippen LogP contribution is -2.21. The first-order valence-corrected chi connectivity index (χ1v) is 4.39. The second-order valence-corrected chi connectivity index (χ2v) is 3.41. The quantitative estimate of drug-likeness (QED) is 0.780. The first-order chi connectivity index (χ1) is 5.70. The molecule has 0 spiro atoms. The molecule has 0 amide bonds. The van der Waals surface area contributed by atoms with Gasteiger partial charge in [0.25, 0.3) is 0 Å². The van der Waals surface area contributed by atoms with Gasteiger partial charge in [0.15, 0.2) is 0 Å². The molecule has 0 radical (unpaired) electrons. The second-order valence-electron chi connectivity index (χ2n) is 3.00. The van der Waals surface area contributed by atoms with E-state index in [1.54, 1.807) is 12.4 Å². The highest BCUT2D eigenvalue weighted by atomic mass is 35.5. The average Bonchev–Trinajstić information content (AvgIpc) is 2.03. The van der Waals surface area contributed by atoms with Crippen molar-refractivity contribution in [3.63, 3.8) is 0 Å². The van der Waals surface area contributed by atoms with Crippen molar-refractivity contribution < 1.29 is 0 Å². The van der Waals surface area contributed by atoms with Crippen LogP contribution in [0.1, 0.15) is 19.4 Å². The number of nitrogens with one attached hydrogen (secondary N) is 1. The highest BCUT2D eigenvalue weighted by molar-refractivity contribution is 6.31. The monoisotopic (exact) mass is 184 g/mol. The number of rotatable bonds is 3. The third kappa shape index (κ3) is 2.80. The summed E-state index contributed by atoms with van der Waals surface area (Å²) in [5, 5.41) is 4.02. The van der Waals surface area contributed by atoms with Crippen LogP contribution in [-0.4, -0.2) is 11.0 Å². The van der Waals surface area contributed by atoms with Crippen LogP contribution < -0.4 is 5.32 Å².